The number of fused-ring (bicyclic) bond motifs is 1. The maximum Gasteiger partial charge on any atom is 0.291 e. The third-order valence-corrected chi connectivity index (χ3v) is 4.48. The number of rotatable bonds is 4. The van der Waals surface area contributed by atoms with Crippen molar-refractivity contribution in [2.24, 2.45) is 0 Å². The number of amides is 1. The Bertz CT molecular complexity index is 1190. The summed E-state index contributed by atoms with van der Waals surface area (Å²) in [6.45, 7) is 0. The molecule has 2 aromatic carbocycles. The number of anilines is 1. The summed E-state index contributed by atoms with van der Waals surface area (Å²) in [5.74, 6) is -0.535. The number of aromatic nitrogens is 1. The number of nitrogens with zero attached hydrogens (tertiary/aromatic N) is 1. The molecule has 3 aromatic rings. The van der Waals surface area contributed by atoms with E-state index in [0.29, 0.717) is 10.7 Å². The van der Waals surface area contributed by atoms with Crippen LogP contribution in [0.3, 0.4) is 0 Å². The molecule has 6 nitrogen and oxygen atoms in total. The molecule has 142 valence electrons. The minimum absolute atomic E-state index is 0.0177. The Morgan fingerprint density at radius 3 is 2.54 bits per heavy atom. The van der Waals surface area contributed by atoms with Gasteiger partial charge < -0.3 is 14.6 Å². The molecule has 28 heavy (non-hydrogen) atoms. The molecule has 1 N–H and O–H groups in total. The molecule has 1 heterocycles. The Morgan fingerprint density at radius 2 is 1.86 bits per heavy atom. The van der Waals surface area contributed by atoms with Crippen LogP contribution in [0.15, 0.2) is 64.2 Å². The first-order valence-electron chi connectivity index (χ1n) is 8.37. The molecular weight excluding hydrogens is 380 g/mol. The molecule has 1 amide bonds. The first-order valence-corrected chi connectivity index (χ1v) is 8.75. The third-order valence-electron chi connectivity index (χ3n) is 4.24. The van der Waals surface area contributed by atoms with Crippen molar-refractivity contribution in [1.29, 1.82) is 0 Å². The van der Waals surface area contributed by atoms with Gasteiger partial charge in [0.25, 0.3) is 11.5 Å². The van der Waals surface area contributed by atoms with Gasteiger partial charge in [-0.1, -0.05) is 29.8 Å². The Balaban J connectivity index is 2.12. The fourth-order valence-electron chi connectivity index (χ4n) is 2.77. The van der Waals surface area contributed by atoms with Gasteiger partial charge in [0, 0.05) is 29.2 Å². The Hall–Kier alpha value is -3.38. The summed E-state index contributed by atoms with van der Waals surface area (Å²) in [5, 5.41) is 0.637. The van der Waals surface area contributed by atoms with Crippen LogP contribution >= 0.6 is 11.6 Å². The Labute approximate surface area is 165 Å². The van der Waals surface area contributed by atoms with Gasteiger partial charge in [0.05, 0.1) is 18.2 Å². The van der Waals surface area contributed by atoms with E-state index in [1.54, 1.807) is 25.2 Å². The molecule has 0 spiro atoms. The van der Waals surface area contributed by atoms with E-state index in [9.17, 15) is 14.4 Å². The van der Waals surface area contributed by atoms with Crippen LogP contribution < -0.4 is 20.6 Å². The van der Waals surface area contributed by atoms with E-state index in [2.05, 4.69) is 4.98 Å². The van der Waals surface area contributed by atoms with Gasteiger partial charge in [-0.3, -0.25) is 14.4 Å². The van der Waals surface area contributed by atoms with Crippen LogP contribution in [0.2, 0.25) is 5.02 Å². The summed E-state index contributed by atoms with van der Waals surface area (Å²) in [7, 11) is 2.91. The lowest BCUT2D eigenvalue weighted by molar-refractivity contribution is -0.113. The minimum atomic E-state index is -0.597. The SMILES string of the molecule is COc1c(C=CC(=O)N(C)c2ccccc2)c(=O)c2ccc(Cl)cc2[nH]c1=O. The zero-order chi connectivity index (χ0) is 20.3. The van der Waals surface area contributed by atoms with Crippen LogP contribution in [0.5, 0.6) is 5.75 Å². The number of para-hydroxylation sites is 1. The molecule has 0 fully saturated rings. The maximum absolute atomic E-state index is 13.0. The zero-order valence-corrected chi connectivity index (χ0v) is 16.0. The fraction of sp³-hybridized carbons (Fsp3) is 0.0952. The summed E-state index contributed by atoms with van der Waals surface area (Å²) in [6, 6.07) is 13.6. The molecule has 0 saturated heterocycles. The summed E-state index contributed by atoms with van der Waals surface area (Å²) < 4.78 is 5.14. The normalized spacial score (nSPS) is 11.0. The predicted molar refractivity (Wildman–Crippen MR) is 111 cm³/mol. The fourth-order valence-corrected chi connectivity index (χ4v) is 2.94. The molecule has 0 radical (unpaired) electrons. The maximum atomic E-state index is 13.0. The molecule has 0 bridgehead atoms. The van der Waals surface area contributed by atoms with Crippen molar-refractivity contribution in [1.82, 2.24) is 4.98 Å². The topological polar surface area (TPSA) is 79.5 Å². The number of halogens is 1. The molecular formula is C21H17ClN2O4. The number of ether oxygens (including phenoxy) is 1. The van der Waals surface area contributed by atoms with E-state index in [-0.39, 0.29) is 28.1 Å². The van der Waals surface area contributed by atoms with Crippen LogP contribution in [0.1, 0.15) is 5.56 Å². The van der Waals surface area contributed by atoms with Crippen molar-refractivity contribution in [3.05, 3.63) is 85.8 Å². The second kappa shape index (κ2) is 8.10. The number of likely N-dealkylation sites (N-methyl/N-ethyl adjacent to an activating group) is 1. The summed E-state index contributed by atoms with van der Waals surface area (Å²) in [4.78, 5) is 41.9. The monoisotopic (exact) mass is 396 g/mol. The number of benzene rings is 2. The number of nitrogens with one attached hydrogen (secondary N) is 1. The van der Waals surface area contributed by atoms with Crippen LogP contribution in [0, 0.1) is 0 Å². The van der Waals surface area contributed by atoms with E-state index in [1.807, 2.05) is 18.2 Å². The zero-order valence-electron chi connectivity index (χ0n) is 15.2. The van der Waals surface area contributed by atoms with Gasteiger partial charge in [-0.15, -0.1) is 0 Å². The Morgan fingerprint density at radius 1 is 1.14 bits per heavy atom. The van der Waals surface area contributed by atoms with Gasteiger partial charge >= 0.3 is 0 Å². The predicted octanol–water partition coefficient (Wildman–Crippen LogP) is 3.23. The number of hydrogen-bond acceptors (Lipinski definition) is 4. The summed E-state index contributed by atoms with van der Waals surface area (Å²) in [5.41, 5.74) is -0.0826. The van der Waals surface area contributed by atoms with Crippen LogP contribution in [0.4, 0.5) is 5.69 Å². The van der Waals surface area contributed by atoms with Gasteiger partial charge in [0.15, 0.2) is 11.2 Å². The lowest BCUT2D eigenvalue weighted by atomic mass is 10.1. The second-order valence-corrected chi connectivity index (χ2v) is 6.42. The van der Waals surface area contributed by atoms with E-state index < -0.39 is 11.0 Å². The molecule has 0 saturated carbocycles. The quantitative estimate of drug-likeness (QED) is 0.687. The van der Waals surface area contributed by atoms with Crippen LogP contribution in [0.25, 0.3) is 17.0 Å². The van der Waals surface area contributed by atoms with Gasteiger partial charge in [0.2, 0.25) is 0 Å². The van der Waals surface area contributed by atoms with Gasteiger partial charge in [-0.25, -0.2) is 0 Å². The molecule has 0 aliphatic carbocycles. The van der Waals surface area contributed by atoms with Gasteiger partial charge in [-0.05, 0) is 36.4 Å². The first kappa shape index (κ1) is 19.4. The van der Waals surface area contributed by atoms with Gasteiger partial charge in [0.1, 0.15) is 0 Å². The number of H-pyrrole nitrogens is 1. The highest BCUT2D eigenvalue weighted by Crippen LogP contribution is 2.18. The van der Waals surface area contributed by atoms with E-state index >= 15 is 0 Å². The van der Waals surface area contributed by atoms with Gasteiger partial charge in [-0.2, -0.15) is 0 Å². The van der Waals surface area contributed by atoms with Crippen LogP contribution in [-0.4, -0.2) is 25.0 Å². The van der Waals surface area contributed by atoms with E-state index in [1.165, 1.54) is 36.3 Å². The summed E-state index contributed by atoms with van der Waals surface area (Å²) >= 11 is 5.96. The number of carbonyl (C=O) groups is 1. The second-order valence-electron chi connectivity index (χ2n) is 5.99. The molecule has 1 aromatic heterocycles. The largest absolute Gasteiger partial charge is 0.491 e. The van der Waals surface area contributed by atoms with E-state index in [4.69, 9.17) is 16.3 Å². The number of carbonyl (C=O) groups excluding carboxylic acids is 1. The number of hydrogen-bond donors (Lipinski definition) is 1. The average molecular weight is 397 g/mol. The number of aromatic amines is 1. The van der Waals surface area contributed by atoms with Crippen molar-refractivity contribution < 1.29 is 9.53 Å². The molecule has 0 aliphatic heterocycles. The van der Waals surface area contributed by atoms with Crippen molar-refractivity contribution in [3.63, 3.8) is 0 Å². The van der Waals surface area contributed by atoms with Crippen molar-refractivity contribution in [3.8, 4) is 5.75 Å². The number of methoxy groups -OCH3 is 1. The van der Waals surface area contributed by atoms with Crippen molar-refractivity contribution in [2.75, 3.05) is 19.1 Å². The standard InChI is InChI=1S/C21H17ClN2O4/c1-24(14-6-4-3-5-7-14)18(25)11-10-16-19(26)15-9-8-13(22)12-17(15)23-21(27)20(16)28-2/h3-12H,1-2H3,(H,23,27). The minimum Gasteiger partial charge on any atom is -0.491 e. The van der Waals surface area contributed by atoms with Crippen LogP contribution in [-0.2, 0) is 4.79 Å². The highest BCUT2D eigenvalue weighted by molar-refractivity contribution is 6.31. The third kappa shape index (κ3) is 3.82. The average Bonchev–Trinajstić information content (AvgIpc) is 2.79. The Kier molecular flexibility index (Phi) is 5.61. The molecule has 0 aliphatic rings. The smallest absolute Gasteiger partial charge is 0.291 e. The first-order chi connectivity index (χ1) is 13.4. The molecule has 0 atom stereocenters. The highest BCUT2D eigenvalue weighted by atomic mass is 35.5. The van der Waals surface area contributed by atoms with E-state index in [0.717, 1.165) is 0 Å². The summed E-state index contributed by atoms with van der Waals surface area (Å²) in [6.07, 6.45) is 2.53. The molecule has 3 rings (SSSR count). The molecule has 0 unspecified atom stereocenters. The van der Waals surface area contributed by atoms with Crippen molar-refractivity contribution >= 4 is 40.2 Å². The van der Waals surface area contributed by atoms with Crippen molar-refractivity contribution in [2.45, 2.75) is 0 Å². The lowest BCUT2D eigenvalue weighted by Crippen LogP contribution is -2.24. The molecule has 7 heteroatoms. The highest BCUT2D eigenvalue weighted by Gasteiger charge is 2.14. The lowest BCUT2D eigenvalue weighted by Gasteiger charge is -2.14.